The van der Waals surface area contributed by atoms with Crippen molar-refractivity contribution < 1.29 is 9.53 Å². The second-order valence-corrected chi connectivity index (χ2v) is 6.59. The Labute approximate surface area is 171 Å². The number of carbonyl (C=O) groups excluding carboxylic acids is 1. The molecule has 0 aromatic heterocycles. The van der Waals surface area contributed by atoms with Crippen molar-refractivity contribution in [3.05, 3.63) is 107 Å². The topological polar surface area (TPSA) is 62.1 Å². The number of benzene rings is 3. The fraction of sp³-hybridized carbons (Fsp3) is 0.120. The number of nitrogens with one attached hydrogen (secondary N) is 1. The Morgan fingerprint density at radius 2 is 1.62 bits per heavy atom. The third kappa shape index (κ3) is 5.57. The smallest absolute Gasteiger partial charge is 0.262 e. The van der Waals surface area contributed by atoms with Gasteiger partial charge in [-0.1, -0.05) is 78.9 Å². The van der Waals surface area contributed by atoms with Crippen LogP contribution in [0.2, 0.25) is 0 Å². The molecule has 4 nitrogen and oxygen atoms in total. The number of rotatable bonds is 7. The fourth-order valence-corrected chi connectivity index (χ4v) is 2.87. The summed E-state index contributed by atoms with van der Waals surface area (Å²) in [6.07, 6.45) is 1.56. The lowest BCUT2D eigenvalue weighted by Gasteiger charge is -2.14. The highest BCUT2D eigenvalue weighted by Crippen LogP contribution is 2.22. The highest BCUT2D eigenvalue weighted by molar-refractivity contribution is 6.02. The maximum atomic E-state index is 12.6. The van der Waals surface area contributed by atoms with Gasteiger partial charge >= 0.3 is 0 Å². The standard InChI is InChI=1S/C25H22N2O2/c1-19(21-12-6-3-7-13-21)27-25(28)23(17-26)16-22-14-8-9-15-24(22)29-18-20-10-4-2-5-11-20/h2-16,19H,18H2,1H3,(H,27,28). The second kappa shape index (κ2) is 9.91. The maximum absolute atomic E-state index is 12.6. The van der Waals surface area contributed by atoms with Gasteiger partial charge in [-0.2, -0.15) is 5.26 Å². The van der Waals surface area contributed by atoms with Gasteiger partial charge in [-0.3, -0.25) is 4.79 Å². The summed E-state index contributed by atoms with van der Waals surface area (Å²) < 4.78 is 5.91. The van der Waals surface area contributed by atoms with Crippen LogP contribution in [0.3, 0.4) is 0 Å². The zero-order chi connectivity index (χ0) is 20.5. The average molecular weight is 382 g/mol. The second-order valence-electron chi connectivity index (χ2n) is 6.59. The molecule has 3 aromatic carbocycles. The van der Waals surface area contributed by atoms with Gasteiger partial charge in [-0.15, -0.1) is 0 Å². The van der Waals surface area contributed by atoms with E-state index in [0.717, 1.165) is 11.1 Å². The maximum Gasteiger partial charge on any atom is 0.262 e. The summed E-state index contributed by atoms with van der Waals surface area (Å²) in [7, 11) is 0. The quantitative estimate of drug-likeness (QED) is 0.459. The number of hydrogen-bond acceptors (Lipinski definition) is 3. The van der Waals surface area contributed by atoms with E-state index in [2.05, 4.69) is 5.32 Å². The van der Waals surface area contributed by atoms with Crippen molar-refractivity contribution >= 4 is 12.0 Å². The third-order valence-electron chi connectivity index (χ3n) is 4.47. The van der Waals surface area contributed by atoms with Gasteiger partial charge in [0.1, 0.15) is 24.0 Å². The van der Waals surface area contributed by atoms with Crippen LogP contribution in [0.25, 0.3) is 6.08 Å². The molecule has 4 heteroatoms. The van der Waals surface area contributed by atoms with Crippen LogP contribution in [0, 0.1) is 11.3 Å². The Morgan fingerprint density at radius 1 is 1.00 bits per heavy atom. The minimum absolute atomic E-state index is 0.0311. The van der Waals surface area contributed by atoms with Crippen LogP contribution in [-0.2, 0) is 11.4 Å². The Kier molecular flexibility index (Phi) is 6.80. The third-order valence-corrected chi connectivity index (χ3v) is 4.47. The first-order valence-corrected chi connectivity index (χ1v) is 9.40. The van der Waals surface area contributed by atoms with E-state index in [1.54, 1.807) is 6.08 Å². The van der Waals surface area contributed by atoms with E-state index in [1.165, 1.54) is 0 Å². The van der Waals surface area contributed by atoms with Crippen molar-refractivity contribution in [2.24, 2.45) is 0 Å². The van der Waals surface area contributed by atoms with E-state index in [9.17, 15) is 10.1 Å². The Hall–Kier alpha value is -3.84. The molecule has 1 unspecified atom stereocenters. The number of carbonyl (C=O) groups is 1. The van der Waals surface area contributed by atoms with E-state index < -0.39 is 5.91 Å². The molecule has 3 aromatic rings. The molecule has 29 heavy (non-hydrogen) atoms. The molecule has 0 saturated carbocycles. The molecule has 1 atom stereocenters. The van der Waals surface area contributed by atoms with Crippen LogP contribution in [0.5, 0.6) is 5.75 Å². The zero-order valence-corrected chi connectivity index (χ0v) is 16.2. The van der Waals surface area contributed by atoms with Crippen LogP contribution in [-0.4, -0.2) is 5.91 Å². The van der Waals surface area contributed by atoms with Gasteiger partial charge in [-0.25, -0.2) is 0 Å². The predicted molar refractivity (Wildman–Crippen MR) is 114 cm³/mol. The summed E-state index contributed by atoms with van der Waals surface area (Å²) in [5, 5.41) is 12.4. The number of para-hydroxylation sites is 1. The zero-order valence-electron chi connectivity index (χ0n) is 16.2. The average Bonchev–Trinajstić information content (AvgIpc) is 2.77. The van der Waals surface area contributed by atoms with Crippen LogP contribution in [0.15, 0.2) is 90.5 Å². The van der Waals surface area contributed by atoms with Crippen LogP contribution in [0.4, 0.5) is 0 Å². The van der Waals surface area contributed by atoms with E-state index in [0.29, 0.717) is 17.9 Å². The van der Waals surface area contributed by atoms with Gasteiger partial charge in [0.25, 0.3) is 5.91 Å². The molecule has 144 valence electrons. The molecule has 0 aliphatic rings. The van der Waals surface area contributed by atoms with E-state index in [-0.39, 0.29) is 11.6 Å². The molecule has 0 bridgehead atoms. The first-order valence-electron chi connectivity index (χ1n) is 9.40. The van der Waals surface area contributed by atoms with Crippen molar-refractivity contribution in [3.8, 4) is 11.8 Å². The molecule has 0 spiro atoms. The summed E-state index contributed by atoms with van der Waals surface area (Å²) >= 11 is 0. The molecule has 0 aliphatic carbocycles. The SMILES string of the molecule is CC(NC(=O)C(C#N)=Cc1ccccc1OCc1ccccc1)c1ccccc1. The summed E-state index contributed by atoms with van der Waals surface area (Å²) in [6, 6.07) is 28.6. The number of nitriles is 1. The molecule has 0 saturated heterocycles. The molecule has 1 N–H and O–H groups in total. The fourth-order valence-electron chi connectivity index (χ4n) is 2.87. The molecule has 1 amide bonds. The molecular formula is C25H22N2O2. The number of hydrogen-bond donors (Lipinski definition) is 1. The lowest BCUT2D eigenvalue weighted by atomic mass is 10.1. The van der Waals surface area contributed by atoms with Gasteiger partial charge in [-0.05, 0) is 30.2 Å². The van der Waals surface area contributed by atoms with E-state index in [1.807, 2.05) is 97.9 Å². The summed E-state index contributed by atoms with van der Waals surface area (Å²) in [5.74, 6) is 0.203. The first kappa shape index (κ1) is 19.9. The van der Waals surface area contributed by atoms with Gasteiger partial charge < -0.3 is 10.1 Å². The highest BCUT2D eigenvalue weighted by Gasteiger charge is 2.14. The molecule has 0 aliphatic heterocycles. The van der Waals surface area contributed by atoms with Crippen molar-refractivity contribution in [1.82, 2.24) is 5.32 Å². The Bertz CT molecular complexity index is 1020. The first-order chi connectivity index (χ1) is 14.2. The monoisotopic (exact) mass is 382 g/mol. The van der Waals surface area contributed by atoms with Gasteiger partial charge in [0.2, 0.25) is 0 Å². The van der Waals surface area contributed by atoms with E-state index >= 15 is 0 Å². The Morgan fingerprint density at radius 3 is 2.31 bits per heavy atom. The van der Waals surface area contributed by atoms with Crippen molar-refractivity contribution in [2.75, 3.05) is 0 Å². The van der Waals surface area contributed by atoms with Crippen molar-refractivity contribution in [2.45, 2.75) is 19.6 Å². The van der Waals surface area contributed by atoms with Gasteiger partial charge in [0.15, 0.2) is 0 Å². The van der Waals surface area contributed by atoms with Crippen LogP contribution in [0.1, 0.15) is 29.7 Å². The van der Waals surface area contributed by atoms with Crippen molar-refractivity contribution in [1.29, 1.82) is 5.26 Å². The van der Waals surface area contributed by atoms with Crippen LogP contribution >= 0.6 is 0 Å². The van der Waals surface area contributed by atoms with Crippen LogP contribution < -0.4 is 10.1 Å². The summed E-state index contributed by atoms with van der Waals surface area (Å²) in [4.78, 5) is 12.6. The van der Waals surface area contributed by atoms with E-state index in [4.69, 9.17) is 4.74 Å². The number of nitrogens with zero attached hydrogens (tertiary/aromatic N) is 1. The minimum Gasteiger partial charge on any atom is -0.488 e. The lowest BCUT2D eigenvalue weighted by Crippen LogP contribution is -2.27. The molecule has 0 heterocycles. The molecule has 0 fully saturated rings. The molecule has 3 rings (SSSR count). The molecular weight excluding hydrogens is 360 g/mol. The largest absolute Gasteiger partial charge is 0.488 e. The number of amides is 1. The highest BCUT2D eigenvalue weighted by atomic mass is 16.5. The molecule has 0 radical (unpaired) electrons. The minimum atomic E-state index is -0.415. The van der Waals surface area contributed by atoms with Gasteiger partial charge in [0, 0.05) is 5.56 Å². The summed E-state index contributed by atoms with van der Waals surface area (Å²) in [5.41, 5.74) is 2.73. The summed E-state index contributed by atoms with van der Waals surface area (Å²) in [6.45, 7) is 2.30. The predicted octanol–water partition coefficient (Wildman–Crippen LogP) is 5.05. The van der Waals surface area contributed by atoms with Gasteiger partial charge in [0.05, 0.1) is 6.04 Å². The normalized spacial score (nSPS) is 11.9. The van der Waals surface area contributed by atoms with Crippen molar-refractivity contribution in [3.63, 3.8) is 0 Å². The Balaban J connectivity index is 1.75. The number of ether oxygens (including phenoxy) is 1. The lowest BCUT2D eigenvalue weighted by molar-refractivity contribution is -0.117.